The van der Waals surface area contributed by atoms with Crippen LogP contribution in [0.5, 0.6) is 5.75 Å². The molecule has 0 aliphatic rings. The molecule has 1 aromatic carbocycles. The molecule has 0 spiro atoms. The molecule has 0 aliphatic carbocycles. The summed E-state index contributed by atoms with van der Waals surface area (Å²) in [4.78, 5) is 24.3. The van der Waals surface area contributed by atoms with Crippen LogP contribution in [0.4, 0.5) is 10.5 Å². The predicted molar refractivity (Wildman–Crippen MR) is 123 cm³/mol. The summed E-state index contributed by atoms with van der Waals surface area (Å²) in [6, 6.07) is 7.37. The Morgan fingerprint density at radius 2 is 1.70 bits per heavy atom. The fourth-order valence-corrected chi connectivity index (χ4v) is 3.11. The van der Waals surface area contributed by atoms with Crippen molar-refractivity contribution < 1.29 is 19.1 Å². The molecule has 2 amide bonds. The molecule has 0 radical (unpaired) electrons. The summed E-state index contributed by atoms with van der Waals surface area (Å²) in [5.41, 5.74) is 0.123. The number of anilines is 1. The second kappa shape index (κ2) is 14.4. The number of unbranched alkanes of at least 4 members (excludes halogenated alkanes) is 5. The van der Waals surface area contributed by atoms with Crippen LogP contribution >= 0.6 is 0 Å². The zero-order valence-electron chi connectivity index (χ0n) is 19.0. The van der Waals surface area contributed by atoms with Gasteiger partial charge >= 0.3 is 161 Å². The molecule has 1 aromatic rings. The Morgan fingerprint density at radius 1 is 1.07 bits per heavy atom. The number of ether oxygens (including phenoxy) is 2. The molecule has 0 heterocycles. The van der Waals surface area contributed by atoms with E-state index in [9.17, 15) is 9.59 Å². The Bertz CT molecular complexity index is 656. The van der Waals surface area contributed by atoms with Gasteiger partial charge in [-0.15, -0.1) is 0 Å². The van der Waals surface area contributed by atoms with Crippen molar-refractivity contribution >= 4 is 43.1 Å². The standard InChI is InChI=1S/C23H36N2O4.Mg/c1-6-7-8-9-10-11-16-28-20-14-12-19(13-15-20)25-21(26)18(2)17-24-22(27)29-23(3,4)5;/h2,12-15,18H,6-11,16-17H2,1,3-5H3,(H,24,27)(H,25,26);/t18-;/m1./s1. The summed E-state index contributed by atoms with van der Waals surface area (Å²) in [6.45, 7) is 8.50. The van der Waals surface area contributed by atoms with E-state index in [2.05, 4.69) is 17.6 Å². The van der Waals surface area contributed by atoms with Crippen molar-refractivity contribution in [2.45, 2.75) is 71.8 Å². The van der Waals surface area contributed by atoms with Crippen molar-refractivity contribution in [3.8, 4) is 5.75 Å². The molecule has 0 unspecified atom stereocenters. The Balaban J connectivity index is 2.37. The Hall–Kier alpha value is -1.60. The van der Waals surface area contributed by atoms with E-state index in [1.807, 2.05) is 24.3 Å². The van der Waals surface area contributed by atoms with Crippen LogP contribution in [0.1, 0.15) is 66.2 Å². The quantitative estimate of drug-likeness (QED) is 0.359. The van der Waals surface area contributed by atoms with E-state index >= 15 is 0 Å². The van der Waals surface area contributed by atoms with E-state index in [0.717, 1.165) is 12.2 Å². The molecule has 0 saturated carbocycles. The van der Waals surface area contributed by atoms with Crippen molar-refractivity contribution in [2.75, 3.05) is 18.5 Å². The Labute approximate surface area is 193 Å². The summed E-state index contributed by atoms with van der Waals surface area (Å²) in [5, 5.41) is 5.52. The Kier molecular flexibility index (Phi) is 12.7. The van der Waals surface area contributed by atoms with E-state index in [4.69, 9.17) is 9.47 Å². The summed E-state index contributed by atoms with van der Waals surface area (Å²) in [7, 11) is 0. The van der Waals surface area contributed by atoms with E-state index in [1.165, 1.54) is 32.1 Å². The number of hydrogen-bond acceptors (Lipinski definition) is 4. The topological polar surface area (TPSA) is 76.7 Å². The molecule has 2 N–H and O–H groups in total. The van der Waals surface area contributed by atoms with Crippen molar-refractivity contribution in [1.82, 2.24) is 5.32 Å². The fraction of sp³-hybridized carbons (Fsp3) is 0.609. The van der Waals surface area contributed by atoms with Gasteiger partial charge in [-0.25, -0.2) is 0 Å². The number of carbonyl (C=O) groups is 2. The Morgan fingerprint density at radius 3 is 2.30 bits per heavy atom. The first kappa shape index (κ1) is 26.4. The first-order valence-electron chi connectivity index (χ1n) is 10.9. The van der Waals surface area contributed by atoms with Crippen molar-refractivity contribution in [1.29, 1.82) is 0 Å². The molecule has 6 nitrogen and oxygen atoms in total. The summed E-state index contributed by atoms with van der Waals surface area (Å²) < 4.78 is 12.8. The third-order valence-corrected chi connectivity index (χ3v) is 4.94. The molecule has 0 fully saturated rings. The number of rotatable bonds is 13. The summed E-state index contributed by atoms with van der Waals surface area (Å²) >= 11 is 1.58. The van der Waals surface area contributed by atoms with Crippen molar-refractivity contribution in [3.05, 3.63) is 24.3 Å². The van der Waals surface area contributed by atoms with Crippen LogP contribution in [0.3, 0.4) is 0 Å². The van der Waals surface area contributed by atoms with Crippen LogP contribution in [-0.4, -0.2) is 56.1 Å². The number of benzene rings is 1. The van der Waals surface area contributed by atoms with E-state index < -0.39 is 17.6 Å². The number of hydrogen-bond donors (Lipinski definition) is 2. The maximum atomic E-state index is 12.5. The zero-order valence-corrected chi connectivity index (χ0v) is 20.4. The maximum absolute atomic E-state index is 12.5. The summed E-state index contributed by atoms with van der Waals surface area (Å²) in [6.07, 6.45) is 6.86. The van der Waals surface area contributed by atoms with Crippen LogP contribution in [0.15, 0.2) is 24.3 Å². The van der Waals surface area contributed by atoms with Gasteiger partial charge in [0.1, 0.15) is 0 Å². The average molecular weight is 429 g/mol. The van der Waals surface area contributed by atoms with Gasteiger partial charge < -0.3 is 0 Å². The first-order chi connectivity index (χ1) is 14.2. The minimum atomic E-state index is -0.571. The van der Waals surface area contributed by atoms with Gasteiger partial charge in [0.25, 0.3) is 0 Å². The third kappa shape index (κ3) is 12.2. The predicted octanol–water partition coefficient (Wildman–Crippen LogP) is 4.48. The van der Waals surface area contributed by atoms with Crippen LogP contribution in [0.25, 0.3) is 0 Å². The van der Waals surface area contributed by atoms with E-state index in [-0.39, 0.29) is 12.5 Å². The average Bonchev–Trinajstić information content (AvgIpc) is 2.67. The van der Waals surface area contributed by atoms with Crippen LogP contribution < -0.4 is 15.4 Å². The summed E-state index contributed by atoms with van der Waals surface area (Å²) in [5.74, 6) is 0.175. The zero-order chi connectivity index (χ0) is 22.4. The number of carbonyl (C=O) groups excluding carboxylic acids is 2. The van der Waals surface area contributed by atoms with Gasteiger partial charge in [-0.3, -0.25) is 0 Å². The molecule has 0 bridgehead atoms. The van der Waals surface area contributed by atoms with Gasteiger partial charge in [-0.05, 0) is 0 Å². The molecular formula is C23H36MgN2O4. The van der Waals surface area contributed by atoms with Gasteiger partial charge in [0.15, 0.2) is 0 Å². The van der Waals surface area contributed by atoms with Gasteiger partial charge in [0.2, 0.25) is 0 Å². The van der Waals surface area contributed by atoms with Gasteiger partial charge in [-0.1, -0.05) is 32.6 Å². The van der Waals surface area contributed by atoms with Gasteiger partial charge in [-0.2, -0.15) is 0 Å². The van der Waals surface area contributed by atoms with E-state index in [0.29, 0.717) is 12.3 Å². The first-order valence-corrected chi connectivity index (χ1v) is 11.7. The van der Waals surface area contributed by atoms with E-state index in [1.54, 1.807) is 46.1 Å². The molecule has 1 atom stereocenters. The monoisotopic (exact) mass is 428 g/mol. The van der Waals surface area contributed by atoms with Crippen LogP contribution in [0.2, 0.25) is 0 Å². The fourth-order valence-electron chi connectivity index (χ4n) is 2.73. The second-order valence-corrected chi connectivity index (χ2v) is 8.83. The SMILES string of the molecule is CCCCCCCCOc1ccc(NC(=O)[C@H]([CH]=[Mg])CNC(=O)OC(C)(C)C)cc1. The molecule has 7 heteroatoms. The van der Waals surface area contributed by atoms with Crippen LogP contribution in [0, 0.1) is 5.92 Å². The number of amides is 2. The number of alkyl carbamates (subject to hydrolysis) is 1. The normalized spacial score (nSPS) is 12.1. The minimum absolute atomic E-state index is 0.179. The second-order valence-electron chi connectivity index (χ2n) is 8.35. The molecule has 0 aromatic heterocycles. The number of nitrogens with one attached hydrogen (secondary N) is 2. The van der Waals surface area contributed by atoms with Gasteiger partial charge in [0.05, 0.1) is 0 Å². The molecular weight excluding hydrogens is 393 g/mol. The molecule has 0 aliphatic heterocycles. The third-order valence-electron chi connectivity index (χ3n) is 4.37. The molecule has 1 rings (SSSR count). The van der Waals surface area contributed by atoms with Crippen molar-refractivity contribution in [3.63, 3.8) is 0 Å². The van der Waals surface area contributed by atoms with Gasteiger partial charge in [0, 0.05) is 0 Å². The molecule has 164 valence electrons. The van der Waals surface area contributed by atoms with Crippen molar-refractivity contribution in [2.24, 2.45) is 5.92 Å². The molecule has 0 saturated heterocycles. The molecule has 30 heavy (non-hydrogen) atoms. The van der Waals surface area contributed by atoms with Crippen LogP contribution in [-0.2, 0) is 9.53 Å².